The Kier molecular flexibility index (Phi) is 1.41. The van der Waals surface area contributed by atoms with Gasteiger partial charge in [0.05, 0.1) is 24.4 Å². The van der Waals surface area contributed by atoms with Gasteiger partial charge in [-0.2, -0.15) is 0 Å². The molecule has 0 aromatic carbocycles. The number of hydrogen-bond donors (Lipinski definition) is 1. The first-order valence-corrected chi connectivity index (χ1v) is 4.25. The third-order valence-electron chi connectivity index (χ3n) is 2.13. The third kappa shape index (κ3) is 1.01. The van der Waals surface area contributed by atoms with Crippen LogP contribution in [-0.2, 0) is 0 Å². The number of imidazole rings is 1. The Morgan fingerprint density at radius 2 is 2.21 bits per heavy atom. The van der Waals surface area contributed by atoms with Crippen molar-refractivity contribution in [2.75, 3.05) is 0 Å². The topological polar surface area (TPSA) is 54.7 Å². The molecule has 0 spiro atoms. The number of fused-ring (bicyclic) bond motifs is 1. The van der Waals surface area contributed by atoms with Gasteiger partial charge in [0.25, 0.3) is 0 Å². The smallest absolute Gasteiger partial charge is 0.177 e. The van der Waals surface area contributed by atoms with Gasteiger partial charge in [0.15, 0.2) is 5.65 Å². The van der Waals surface area contributed by atoms with E-state index in [2.05, 4.69) is 15.0 Å². The van der Waals surface area contributed by atoms with E-state index in [4.69, 9.17) is 4.42 Å². The predicted octanol–water partition coefficient (Wildman–Crippen LogP) is 2.22. The molecule has 3 aromatic rings. The molecule has 0 aliphatic carbocycles. The molecule has 14 heavy (non-hydrogen) atoms. The van der Waals surface area contributed by atoms with E-state index in [0.717, 1.165) is 22.3 Å². The van der Waals surface area contributed by atoms with Gasteiger partial charge in [0.2, 0.25) is 0 Å². The van der Waals surface area contributed by atoms with Gasteiger partial charge in [0.1, 0.15) is 0 Å². The highest BCUT2D eigenvalue weighted by molar-refractivity contribution is 5.77. The summed E-state index contributed by atoms with van der Waals surface area (Å²) in [6.07, 6.45) is 6.76. The molecule has 3 aromatic heterocycles. The lowest BCUT2D eigenvalue weighted by Crippen LogP contribution is -1.79. The lowest BCUT2D eigenvalue weighted by molar-refractivity contribution is 0.568. The summed E-state index contributed by atoms with van der Waals surface area (Å²) in [6, 6.07) is 3.90. The second-order valence-electron chi connectivity index (χ2n) is 3.01. The van der Waals surface area contributed by atoms with Crippen molar-refractivity contribution in [3.8, 4) is 11.1 Å². The maximum absolute atomic E-state index is 5.01. The van der Waals surface area contributed by atoms with Gasteiger partial charge in [-0.3, -0.25) is 0 Å². The van der Waals surface area contributed by atoms with Crippen LogP contribution >= 0.6 is 0 Å². The van der Waals surface area contributed by atoms with E-state index in [9.17, 15) is 0 Å². The van der Waals surface area contributed by atoms with Crippen molar-refractivity contribution in [3.05, 3.63) is 37.2 Å². The van der Waals surface area contributed by atoms with E-state index in [1.165, 1.54) is 0 Å². The summed E-state index contributed by atoms with van der Waals surface area (Å²) < 4.78 is 5.01. The van der Waals surface area contributed by atoms with Crippen molar-refractivity contribution < 1.29 is 4.42 Å². The molecular formula is C10H7N3O. The van der Waals surface area contributed by atoms with Crippen LogP contribution in [0.3, 0.4) is 0 Å². The van der Waals surface area contributed by atoms with Crippen molar-refractivity contribution in [2.24, 2.45) is 0 Å². The maximum Gasteiger partial charge on any atom is 0.177 e. The fraction of sp³-hybridized carbons (Fsp3) is 0. The Labute approximate surface area is 79.6 Å². The number of pyridine rings is 1. The van der Waals surface area contributed by atoms with Gasteiger partial charge in [-0.25, -0.2) is 9.97 Å². The van der Waals surface area contributed by atoms with E-state index in [1.54, 1.807) is 25.1 Å². The second kappa shape index (κ2) is 2.70. The normalized spacial score (nSPS) is 10.9. The van der Waals surface area contributed by atoms with E-state index in [1.807, 2.05) is 12.1 Å². The summed E-state index contributed by atoms with van der Waals surface area (Å²) in [5.41, 5.74) is 3.71. The monoisotopic (exact) mass is 185 g/mol. The van der Waals surface area contributed by atoms with Gasteiger partial charge in [-0.15, -0.1) is 0 Å². The minimum atomic E-state index is 0.734. The van der Waals surface area contributed by atoms with E-state index >= 15 is 0 Å². The molecule has 0 saturated carbocycles. The molecule has 3 heterocycles. The first-order chi connectivity index (χ1) is 6.93. The molecule has 0 unspecified atom stereocenters. The van der Waals surface area contributed by atoms with Crippen LogP contribution in [0.1, 0.15) is 0 Å². The molecule has 68 valence electrons. The molecule has 0 fully saturated rings. The molecule has 0 saturated heterocycles. The fourth-order valence-electron chi connectivity index (χ4n) is 1.42. The first kappa shape index (κ1) is 7.32. The standard InChI is InChI=1S/C10H7N3O/c1-2-14-5-7(1)8-3-9-10(11-4-8)13-6-12-9/h1-6H,(H,11,12,13). The van der Waals surface area contributed by atoms with Crippen molar-refractivity contribution in [1.29, 1.82) is 0 Å². The van der Waals surface area contributed by atoms with Crippen molar-refractivity contribution in [1.82, 2.24) is 15.0 Å². The summed E-state index contributed by atoms with van der Waals surface area (Å²) >= 11 is 0. The van der Waals surface area contributed by atoms with Crippen molar-refractivity contribution in [3.63, 3.8) is 0 Å². The number of furan rings is 1. The quantitative estimate of drug-likeness (QED) is 0.632. The first-order valence-electron chi connectivity index (χ1n) is 4.25. The summed E-state index contributed by atoms with van der Waals surface area (Å²) in [5, 5.41) is 0. The Hall–Kier alpha value is -2.10. The van der Waals surface area contributed by atoms with Crippen molar-refractivity contribution in [2.45, 2.75) is 0 Å². The molecule has 4 nitrogen and oxygen atoms in total. The Morgan fingerprint density at radius 1 is 1.21 bits per heavy atom. The average molecular weight is 185 g/mol. The molecule has 0 amide bonds. The van der Waals surface area contributed by atoms with Gasteiger partial charge < -0.3 is 9.40 Å². The summed E-state index contributed by atoms with van der Waals surface area (Å²) in [6.45, 7) is 0. The number of nitrogens with one attached hydrogen (secondary N) is 1. The summed E-state index contributed by atoms with van der Waals surface area (Å²) in [5.74, 6) is 0. The number of H-pyrrole nitrogens is 1. The number of aromatic amines is 1. The molecule has 0 atom stereocenters. The SMILES string of the molecule is c1nc2ncc(-c3ccoc3)cc2[nH]1. The van der Waals surface area contributed by atoms with Crippen LogP contribution in [0, 0.1) is 0 Å². The molecular weight excluding hydrogens is 178 g/mol. The Morgan fingerprint density at radius 3 is 3.07 bits per heavy atom. The molecule has 4 heteroatoms. The highest BCUT2D eigenvalue weighted by Gasteiger charge is 2.02. The van der Waals surface area contributed by atoms with Crippen LogP contribution < -0.4 is 0 Å². The molecule has 0 aliphatic rings. The van der Waals surface area contributed by atoms with Crippen LogP contribution in [0.2, 0.25) is 0 Å². The maximum atomic E-state index is 5.01. The van der Waals surface area contributed by atoms with Crippen LogP contribution in [0.4, 0.5) is 0 Å². The van der Waals surface area contributed by atoms with E-state index < -0.39 is 0 Å². The van der Waals surface area contributed by atoms with Gasteiger partial charge >= 0.3 is 0 Å². The lowest BCUT2D eigenvalue weighted by Gasteiger charge is -1.94. The molecule has 0 radical (unpaired) electrons. The van der Waals surface area contributed by atoms with Crippen LogP contribution in [0.15, 0.2) is 41.6 Å². The zero-order chi connectivity index (χ0) is 9.38. The van der Waals surface area contributed by atoms with Gasteiger partial charge in [-0.1, -0.05) is 0 Å². The molecule has 0 bridgehead atoms. The van der Waals surface area contributed by atoms with Crippen LogP contribution in [0.5, 0.6) is 0 Å². The van der Waals surface area contributed by atoms with Crippen molar-refractivity contribution >= 4 is 11.2 Å². The van der Waals surface area contributed by atoms with Crippen LogP contribution in [0.25, 0.3) is 22.3 Å². The van der Waals surface area contributed by atoms with Crippen LogP contribution in [-0.4, -0.2) is 15.0 Å². The minimum absolute atomic E-state index is 0.734. The van der Waals surface area contributed by atoms with Gasteiger partial charge in [-0.05, 0) is 12.1 Å². The number of aromatic nitrogens is 3. The lowest BCUT2D eigenvalue weighted by atomic mass is 10.1. The van der Waals surface area contributed by atoms with Gasteiger partial charge in [0, 0.05) is 17.3 Å². The fourth-order valence-corrected chi connectivity index (χ4v) is 1.42. The molecule has 0 aliphatic heterocycles. The summed E-state index contributed by atoms with van der Waals surface area (Å²) in [7, 11) is 0. The zero-order valence-electron chi connectivity index (χ0n) is 7.27. The number of hydrogen-bond acceptors (Lipinski definition) is 3. The minimum Gasteiger partial charge on any atom is -0.472 e. The largest absolute Gasteiger partial charge is 0.472 e. The second-order valence-corrected chi connectivity index (χ2v) is 3.01. The highest BCUT2D eigenvalue weighted by Crippen LogP contribution is 2.21. The third-order valence-corrected chi connectivity index (χ3v) is 2.13. The molecule has 3 rings (SSSR count). The number of nitrogens with zero attached hydrogens (tertiary/aromatic N) is 2. The number of rotatable bonds is 1. The Balaban J connectivity index is 2.23. The average Bonchev–Trinajstić information content (AvgIpc) is 2.88. The predicted molar refractivity (Wildman–Crippen MR) is 51.6 cm³/mol. The van der Waals surface area contributed by atoms with E-state index in [-0.39, 0.29) is 0 Å². The highest BCUT2D eigenvalue weighted by atomic mass is 16.3. The summed E-state index contributed by atoms with van der Waals surface area (Å²) in [4.78, 5) is 11.3. The zero-order valence-corrected chi connectivity index (χ0v) is 7.27. The van der Waals surface area contributed by atoms with E-state index in [0.29, 0.717) is 0 Å². The Bertz CT molecular complexity index is 554. The molecule has 1 N–H and O–H groups in total.